The maximum atomic E-state index is 13.2. The summed E-state index contributed by atoms with van der Waals surface area (Å²) in [5.74, 6) is 1.15. The predicted molar refractivity (Wildman–Crippen MR) is 141 cm³/mol. The van der Waals surface area contributed by atoms with Gasteiger partial charge in [-0.05, 0) is 58.7 Å². The Balaban J connectivity index is 1.74. The van der Waals surface area contributed by atoms with E-state index in [0.717, 1.165) is 15.6 Å². The third-order valence-corrected chi connectivity index (χ3v) is 6.31. The molecule has 0 radical (unpaired) electrons. The summed E-state index contributed by atoms with van der Waals surface area (Å²) in [6.07, 6.45) is 2.13. The number of aryl methyl sites for hydroxylation is 2. The second-order valence-electron chi connectivity index (χ2n) is 7.49. The van der Waals surface area contributed by atoms with E-state index in [0.29, 0.717) is 50.6 Å². The quantitative estimate of drug-likeness (QED) is 0.230. The summed E-state index contributed by atoms with van der Waals surface area (Å²) < 4.78 is 8.95. The molecule has 0 unspecified atom stereocenters. The van der Waals surface area contributed by atoms with Gasteiger partial charge < -0.3 is 4.74 Å². The number of rotatable bonds is 6. The van der Waals surface area contributed by atoms with Crippen molar-refractivity contribution in [2.24, 2.45) is 5.10 Å². The fourth-order valence-corrected chi connectivity index (χ4v) is 4.76. The van der Waals surface area contributed by atoms with Gasteiger partial charge in [0.05, 0.1) is 21.6 Å². The topological polar surface area (TPSA) is 56.5 Å². The first kappa shape index (κ1) is 23.7. The Morgan fingerprint density at radius 1 is 1.15 bits per heavy atom. The summed E-state index contributed by atoms with van der Waals surface area (Å²) in [6, 6.07) is 17.1. The molecular formula is C25H20Br2ClN3O2. The molecular weight excluding hydrogens is 570 g/mol. The third-order valence-electron chi connectivity index (χ3n) is 5.01. The summed E-state index contributed by atoms with van der Waals surface area (Å²) in [4.78, 5) is 17.8. The molecule has 0 aliphatic carbocycles. The van der Waals surface area contributed by atoms with Gasteiger partial charge in [0.15, 0.2) is 0 Å². The van der Waals surface area contributed by atoms with E-state index in [9.17, 15) is 4.79 Å². The fourth-order valence-electron chi connectivity index (χ4n) is 3.45. The van der Waals surface area contributed by atoms with Crippen LogP contribution in [0.1, 0.15) is 29.4 Å². The van der Waals surface area contributed by atoms with Crippen molar-refractivity contribution in [3.05, 3.63) is 101 Å². The first-order valence-electron chi connectivity index (χ1n) is 10.3. The van der Waals surface area contributed by atoms with Gasteiger partial charge in [-0.3, -0.25) is 4.79 Å². The Morgan fingerprint density at radius 3 is 2.73 bits per heavy atom. The molecule has 0 bridgehead atoms. The fraction of sp³-hybridized carbons (Fsp3) is 0.160. The van der Waals surface area contributed by atoms with Gasteiger partial charge in [-0.15, -0.1) is 0 Å². The van der Waals surface area contributed by atoms with Gasteiger partial charge in [0.25, 0.3) is 5.56 Å². The molecule has 0 fully saturated rings. The average Bonchev–Trinajstić information content (AvgIpc) is 2.78. The zero-order chi connectivity index (χ0) is 23.5. The van der Waals surface area contributed by atoms with Crippen LogP contribution in [-0.4, -0.2) is 15.9 Å². The molecule has 0 aliphatic heterocycles. The van der Waals surface area contributed by atoms with Crippen LogP contribution in [0.15, 0.2) is 73.4 Å². The molecule has 3 aromatic carbocycles. The third kappa shape index (κ3) is 5.37. The van der Waals surface area contributed by atoms with Gasteiger partial charge in [0.1, 0.15) is 18.2 Å². The number of aromatic nitrogens is 2. The molecule has 0 N–H and O–H groups in total. The van der Waals surface area contributed by atoms with Crippen molar-refractivity contribution in [2.75, 3.05) is 0 Å². The lowest BCUT2D eigenvalue weighted by atomic mass is 10.1. The number of halogens is 3. The predicted octanol–water partition coefficient (Wildman–Crippen LogP) is 6.91. The smallest absolute Gasteiger partial charge is 0.282 e. The minimum atomic E-state index is -0.238. The Hall–Kier alpha value is -2.48. The van der Waals surface area contributed by atoms with Crippen LogP contribution >= 0.6 is 43.5 Å². The van der Waals surface area contributed by atoms with E-state index < -0.39 is 0 Å². The van der Waals surface area contributed by atoms with Gasteiger partial charge in [-0.1, -0.05) is 64.3 Å². The van der Waals surface area contributed by atoms with E-state index in [1.807, 2.05) is 44.2 Å². The zero-order valence-corrected chi connectivity index (χ0v) is 21.9. The lowest BCUT2D eigenvalue weighted by molar-refractivity contribution is 0.303. The molecule has 168 valence electrons. The number of benzene rings is 3. The summed E-state index contributed by atoms with van der Waals surface area (Å²) in [6.45, 7) is 4.36. The van der Waals surface area contributed by atoms with E-state index in [1.165, 1.54) is 4.68 Å². The maximum absolute atomic E-state index is 13.2. The van der Waals surface area contributed by atoms with Crippen molar-refractivity contribution < 1.29 is 4.74 Å². The summed E-state index contributed by atoms with van der Waals surface area (Å²) in [5.41, 5.74) is 3.26. The monoisotopic (exact) mass is 587 g/mol. The van der Waals surface area contributed by atoms with Crippen LogP contribution in [0.3, 0.4) is 0 Å². The largest absolute Gasteiger partial charge is 0.487 e. The average molecular weight is 590 g/mol. The molecule has 0 saturated heterocycles. The van der Waals surface area contributed by atoms with Crippen LogP contribution in [0.2, 0.25) is 5.02 Å². The minimum Gasteiger partial charge on any atom is -0.487 e. The summed E-state index contributed by atoms with van der Waals surface area (Å²) in [5, 5.41) is 5.49. The molecule has 0 spiro atoms. The highest BCUT2D eigenvalue weighted by molar-refractivity contribution is 9.10. The first-order chi connectivity index (χ1) is 15.9. The Kier molecular flexibility index (Phi) is 7.32. The van der Waals surface area contributed by atoms with Crippen LogP contribution < -0.4 is 10.3 Å². The van der Waals surface area contributed by atoms with E-state index in [2.05, 4.69) is 48.0 Å². The highest BCUT2D eigenvalue weighted by Gasteiger charge is 2.12. The first-order valence-corrected chi connectivity index (χ1v) is 12.2. The van der Waals surface area contributed by atoms with E-state index in [1.54, 1.807) is 24.4 Å². The maximum Gasteiger partial charge on any atom is 0.282 e. The molecule has 33 heavy (non-hydrogen) atoms. The van der Waals surface area contributed by atoms with Crippen LogP contribution in [0.4, 0.5) is 0 Å². The molecule has 0 saturated carbocycles. The second-order valence-corrected chi connectivity index (χ2v) is 9.69. The zero-order valence-electron chi connectivity index (χ0n) is 18.0. The van der Waals surface area contributed by atoms with E-state index >= 15 is 0 Å². The second kappa shape index (κ2) is 10.2. The molecule has 1 heterocycles. The van der Waals surface area contributed by atoms with Crippen LogP contribution in [0.5, 0.6) is 5.75 Å². The SMILES string of the molecule is CCc1nc2ccc(Br)cc2c(=O)n1N=Cc1cc(Cl)cc(Br)c1OCc1cccc(C)c1. The van der Waals surface area contributed by atoms with Crippen LogP contribution in [0.25, 0.3) is 10.9 Å². The van der Waals surface area contributed by atoms with Gasteiger partial charge in [0.2, 0.25) is 0 Å². The Morgan fingerprint density at radius 2 is 1.97 bits per heavy atom. The number of hydrogen-bond donors (Lipinski definition) is 0. The van der Waals surface area contributed by atoms with Crippen molar-refractivity contribution in [1.29, 1.82) is 0 Å². The Bertz CT molecular complexity index is 1430. The lowest BCUT2D eigenvalue weighted by Crippen LogP contribution is -2.22. The highest BCUT2D eigenvalue weighted by atomic mass is 79.9. The molecule has 4 aromatic rings. The van der Waals surface area contributed by atoms with Crippen LogP contribution in [0, 0.1) is 6.92 Å². The van der Waals surface area contributed by atoms with Gasteiger partial charge in [-0.2, -0.15) is 9.78 Å². The van der Waals surface area contributed by atoms with Crippen molar-refractivity contribution in [3.8, 4) is 5.75 Å². The van der Waals surface area contributed by atoms with Crippen LogP contribution in [-0.2, 0) is 13.0 Å². The summed E-state index contributed by atoms with van der Waals surface area (Å²) >= 11 is 13.3. The molecule has 4 rings (SSSR count). The highest BCUT2D eigenvalue weighted by Crippen LogP contribution is 2.32. The number of nitrogens with zero attached hydrogens (tertiary/aromatic N) is 3. The molecule has 0 amide bonds. The van der Waals surface area contributed by atoms with Gasteiger partial charge in [-0.25, -0.2) is 4.98 Å². The molecule has 8 heteroatoms. The molecule has 0 aliphatic rings. The van der Waals surface area contributed by atoms with Crippen molar-refractivity contribution in [1.82, 2.24) is 9.66 Å². The van der Waals surface area contributed by atoms with Gasteiger partial charge in [0, 0.05) is 21.5 Å². The number of fused-ring (bicyclic) bond motifs is 1. The number of ether oxygens (including phenoxy) is 1. The number of hydrogen-bond acceptors (Lipinski definition) is 4. The van der Waals surface area contributed by atoms with Crippen molar-refractivity contribution in [3.63, 3.8) is 0 Å². The Labute approximate surface area is 213 Å². The summed E-state index contributed by atoms with van der Waals surface area (Å²) in [7, 11) is 0. The standard InChI is InChI=1S/C25H20Br2ClN3O2/c1-3-23-30-22-8-7-18(26)11-20(22)25(32)31(23)29-13-17-10-19(28)12-21(27)24(17)33-14-16-6-4-5-15(2)9-16/h4-13H,3,14H2,1-2H3. The van der Waals surface area contributed by atoms with E-state index in [-0.39, 0.29) is 5.56 Å². The lowest BCUT2D eigenvalue weighted by Gasteiger charge is -2.13. The van der Waals surface area contributed by atoms with E-state index in [4.69, 9.17) is 16.3 Å². The van der Waals surface area contributed by atoms with Crippen molar-refractivity contribution >= 4 is 60.6 Å². The molecule has 1 aromatic heterocycles. The molecule has 5 nitrogen and oxygen atoms in total. The van der Waals surface area contributed by atoms with Gasteiger partial charge >= 0.3 is 0 Å². The minimum absolute atomic E-state index is 0.238. The normalized spacial score (nSPS) is 11.4. The molecule has 0 atom stereocenters. The van der Waals surface area contributed by atoms with Crippen molar-refractivity contribution in [2.45, 2.75) is 26.9 Å².